The number of hydrogen-bond donors (Lipinski definition) is 1. The molecular weight excluding hydrogens is 372 g/mol. The summed E-state index contributed by atoms with van der Waals surface area (Å²) >= 11 is 0. The number of nitrogens with zero attached hydrogens (tertiary/aromatic N) is 3. The van der Waals surface area contributed by atoms with E-state index in [1.54, 1.807) is 15.9 Å². The molecule has 3 rings (SSSR count). The van der Waals surface area contributed by atoms with Crippen LogP contribution in [0.3, 0.4) is 0 Å². The molecule has 8 nitrogen and oxygen atoms in total. The molecule has 1 aromatic rings. The van der Waals surface area contributed by atoms with Crippen LogP contribution >= 0.6 is 0 Å². The van der Waals surface area contributed by atoms with Crippen molar-refractivity contribution in [2.24, 2.45) is 0 Å². The summed E-state index contributed by atoms with van der Waals surface area (Å²) in [5.74, 6) is -0.343. The van der Waals surface area contributed by atoms with Crippen molar-refractivity contribution < 1.29 is 19.1 Å². The molecule has 29 heavy (non-hydrogen) atoms. The maximum Gasteiger partial charge on any atom is 0.250 e. The van der Waals surface area contributed by atoms with Crippen molar-refractivity contribution >= 4 is 23.4 Å². The van der Waals surface area contributed by atoms with Crippen molar-refractivity contribution in [3.8, 4) is 0 Å². The van der Waals surface area contributed by atoms with Gasteiger partial charge in [-0.2, -0.15) is 0 Å². The molecule has 2 fully saturated rings. The van der Waals surface area contributed by atoms with Gasteiger partial charge in [-0.25, -0.2) is 0 Å². The van der Waals surface area contributed by atoms with Crippen LogP contribution in [0.1, 0.15) is 12.8 Å². The molecule has 8 heteroatoms. The maximum atomic E-state index is 13.4. The minimum absolute atomic E-state index is 0.00404. The zero-order chi connectivity index (χ0) is 20.9. The number of carbonyl (C=O) groups is 3. The van der Waals surface area contributed by atoms with Gasteiger partial charge in [0.2, 0.25) is 11.8 Å². The van der Waals surface area contributed by atoms with Gasteiger partial charge in [-0.05, 0) is 25.0 Å². The van der Waals surface area contributed by atoms with E-state index in [1.165, 1.54) is 7.11 Å². The quantitative estimate of drug-likeness (QED) is 0.678. The Balaban J connectivity index is 1.80. The highest BCUT2D eigenvalue weighted by atomic mass is 16.5. The molecule has 1 spiro atoms. The van der Waals surface area contributed by atoms with Crippen molar-refractivity contribution in [1.29, 1.82) is 0 Å². The lowest BCUT2D eigenvalue weighted by molar-refractivity contribution is -0.141. The van der Waals surface area contributed by atoms with Crippen LogP contribution in [0.15, 0.2) is 43.0 Å². The maximum absolute atomic E-state index is 13.4. The van der Waals surface area contributed by atoms with Crippen molar-refractivity contribution in [2.75, 3.05) is 51.5 Å². The number of carbonyl (C=O) groups excluding carboxylic acids is 3. The molecule has 1 N–H and O–H groups in total. The highest BCUT2D eigenvalue weighted by Gasteiger charge is 2.54. The Bertz CT molecular complexity index is 759. The first-order valence-electron chi connectivity index (χ1n) is 9.78. The first-order valence-corrected chi connectivity index (χ1v) is 9.78. The van der Waals surface area contributed by atoms with E-state index in [0.29, 0.717) is 39.1 Å². The summed E-state index contributed by atoms with van der Waals surface area (Å²) in [6.45, 7) is 5.30. The van der Waals surface area contributed by atoms with E-state index >= 15 is 0 Å². The van der Waals surface area contributed by atoms with Crippen molar-refractivity contribution in [3.63, 3.8) is 0 Å². The molecule has 0 radical (unpaired) electrons. The molecule has 0 unspecified atom stereocenters. The number of benzene rings is 1. The molecule has 0 aliphatic carbocycles. The van der Waals surface area contributed by atoms with Crippen molar-refractivity contribution in [1.82, 2.24) is 15.1 Å². The Morgan fingerprint density at radius 3 is 2.55 bits per heavy atom. The Kier molecular flexibility index (Phi) is 6.53. The molecule has 1 aromatic carbocycles. The number of ether oxygens (including phenoxy) is 1. The van der Waals surface area contributed by atoms with E-state index in [9.17, 15) is 14.4 Å². The Labute approximate surface area is 171 Å². The zero-order valence-electron chi connectivity index (χ0n) is 16.8. The van der Waals surface area contributed by atoms with Crippen LogP contribution in [-0.2, 0) is 19.1 Å². The second-order valence-electron chi connectivity index (χ2n) is 7.35. The normalized spacial score (nSPS) is 18.2. The van der Waals surface area contributed by atoms with Crippen molar-refractivity contribution in [2.45, 2.75) is 18.4 Å². The summed E-state index contributed by atoms with van der Waals surface area (Å²) in [5.41, 5.74) is 0.190. The number of likely N-dealkylation sites (tertiary alicyclic amines) is 1. The predicted molar refractivity (Wildman–Crippen MR) is 109 cm³/mol. The summed E-state index contributed by atoms with van der Waals surface area (Å²) in [4.78, 5) is 43.2. The van der Waals surface area contributed by atoms with Gasteiger partial charge in [0.25, 0.3) is 5.91 Å². The van der Waals surface area contributed by atoms with Crippen LogP contribution in [0, 0.1) is 0 Å². The topological polar surface area (TPSA) is 82.2 Å². The van der Waals surface area contributed by atoms with Crippen LogP contribution in [0.4, 0.5) is 5.69 Å². The second-order valence-corrected chi connectivity index (χ2v) is 7.35. The number of piperidine rings is 1. The number of amides is 3. The predicted octanol–water partition coefficient (Wildman–Crippen LogP) is 0.602. The number of hydrogen-bond acceptors (Lipinski definition) is 5. The number of rotatable bonds is 7. The minimum Gasteiger partial charge on any atom is -0.375 e. The third-order valence-corrected chi connectivity index (χ3v) is 5.57. The standard InChI is InChI=1S/C21H28N4O4/c1-3-11-22-18(26)14-24-16-25(17-7-5-4-6-8-17)21(20(24)28)9-12-23(13-10-21)19(27)15-29-2/h3-8H,1,9-16H2,2H3,(H,22,26). The van der Waals surface area contributed by atoms with Crippen LogP contribution < -0.4 is 10.2 Å². The minimum atomic E-state index is -0.746. The average Bonchev–Trinajstić information content (AvgIpc) is 2.99. The highest BCUT2D eigenvalue weighted by Crippen LogP contribution is 2.39. The smallest absolute Gasteiger partial charge is 0.250 e. The van der Waals surface area contributed by atoms with Gasteiger partial charge in [0, 0.05) is 32.4 Å². The lowest BCUT2D eigenvalue weighted by Crippen LogP contribution is -2.57. The first-order chi connectivity index (χ1) is 14.0. The molecule has 2 heterocycles. The van der Waals surface area contributed by atoms with Gasteiger partial charge in [0.15, 0.2) is 0 Å². The summed E-state index contributed by atoms with van der Waals surface area (Å²) < 4.78 is 4.95. The van der Waals surface area contributed by atoms with Crippen molar-refractivity contribution in [3.05, 3.63) is 43.0 Å². The lowest BCUT2D eigenvalue weighted by Gasteiger charge is -2.43. The lowest BCUT2D eigenvalue weighted by atomic mass is 9.85. The molecule has 3 amide bonds. The summed E-state index contributed by atoms with van der Waals surface area (Å²) in [7, 11) is 1.50. The summed E-state index contributed by atoms with van der Waals surface area (Å²) in [6.07, 6.45) is 2.64. The van der Waals surface area contributed by atoms with Gasteiger partial charge >= 0.3 is 0 Å². The molecule has 0 saturated carbocycles. The van der Waals surface area contributed by atoms with Crippen LogP contribution in [-0.4, -0.2) is 79.6 Å². The number of para-hydroxylation sites is 1. The molecule has 2 saturated heterocycles. The number of anilines is 1. The molecular formula is C21H28N4O4. The Morgan fingerprint density at radius 2 is 1.93 bits per heavy atom. The Hall–Kier alpha value is -2.87. The molecule has 0 aromatic heterocycles. The summed E-state index contributed by atoms with van der Waals surface area (Å²) in [6, 6.07) is 9.74. The van der Waals surface area contributed by atoms with E-state index < -0.39 is 5.54 Å². The monoisotopic (exact) mass is 400 g/mol. The van der Waals surface area contributed by atoms with Crippen LogP contribution in [0.5, 0.6) is 0 Å². The van der Waals surface area contributed by atoms with Crippen LogP contribution in [0.2, 0.25) is 0 Å². The van der Waals surface area contributed by atoms with Gasteiger partial charge < -0.3 is 24.8 Å². The van der Waals surface area contributed by atoms with E-state index in [-0.39, 0.29) is 30.9 Å². The molecule has 0 atom stereocenters. The van der Waals surface area contributed by atoms with Gasteiger partial charge in [0.05, 0.1) is 6.67 Å². The van der Waals surface area contributed by atoms with Gasteiger partial charge in [-0.1, -0.05) is 24.3 Å². The highest BCUT2D eigenvalue weighted by molar-refractivity contribution is 5.96. The number of methoxy groups -OCH3 is 1. The van der Waals surface area contributed by atoms with E-state index in [0.717, 1.165) is 5.69 Å². The summed E-state index contributed by atoms with van der Waals surface area (Å²) in [5, 5.41) is 2.73. The third-order valence-electron chi connectivity index (χ3n) is 5.57. The van der Waals surface area contributed by atoms with E-state index in [2.05, 4.69) is 16.8 Å². The number of nitrogens with one attached hydrogen (secondary N) is 1. The van der Waals surface area contributed by atoms with Gasteiger partial charge in [0.1, 0.15) is 18.7 Å². The Morgan fingerprint density at radius 1 is 1.24 bits per heavy atom. The second kappa shape index (κ2) is 9.09. The molecule has 0 bridgehead atoms. The largest absolute Gasteiger partial charge is 0.375 e. The molecule has 2 aliphatic rings. The van der Waals surface area contributed by atoms with Crippen LogP contribution in [0.25, 0.3) is 0 Å². The third kappa shape index (κ3) is 4.27. The molecule has 2 aliphatic heterocycles. The van der Waals surface area contributed by atoms with Gasteiger partial charge in [-0.15, -0.1) is 6.58 Å². The SMILES string of the molecule is C=CCNC(=O)CN1CN(c2ccccc2)C2(CCN(C(=O)COC)CC2)C1=O. The zero-order valence-corrected chi connectivity index (χ0v) is 16.8. The fourth-order valence-corrected chi connectivity index (χ4v) is 4.08. The first kappa shape index (κ1) is 20.9. The van der Waals surface area contributed by atoms with E-state index in [4.69, 9.17) is 4.74 Å². The average molecular weight is 400 g/mol. The fourth-order valence-electron chi connectivity index (χ4n) is 4.08. The fraction of sp³-hybridized carbons (Fsp3) is 0.476. The van der Waals surface area contributed by atoms with E-state index in [1.807, 2.05) is 30.3 Å². The molecule has 156 valence electrons. The van der Waals surface area contributed by atoms with Gasteiger partial charge in [-0.3, -0.25) is 14.4 Å².